The predicted molar refractivity (Wildman–Crippen MR) is 73.9 cm³/mol. The lowest BCUT2D eigenvalue weighted by atomic mass is 9.92. The van der Waals surface area contributed by atoms with Gasteiger partial charge < -0.3 is 11.1 Å². The molecule has 0 aliphatic carbocycles. The third-order valence-corrected chi connectivity index (χ3v) is 2.68. The molecule has 0 aliphatic heterocycles. The minimum Gasteiger partial charge on any atom is -0.397 e. The minimum atomic E-state index is -0.370. The Morgan fingerprint density at radius 3 is 2.74 bits per heavy atom. The summed E-state index contributed by atoms with van der Waals surface area (Å²) in [6, 6.07) is 5.11. The van der Waals surface area contributed by atoms with Crippen LogP contribution in [0.2, 0.25) is 0 Å². The van der Waals surface area contributed by atoms with Crippen molar-refractivity contribution < 1.29 is 4.79 Å². The fourth-order valence-electron chi connectivity index (χ4n) is 1.55. The van der Waals surface area contributed by atoms with Crippen LogP contribution in [0, 0.1) is 0 Å². The van der Waals surface area contributed by atoms with Crippen molar-refractivity contribution in [1.82, 2.24) is 15.2 Å². The molecule has 0 saturated heterocycles. The van der Waals surface area contributed by atoms with Gasteiger partial charge in [-0.15, -0.1) is 0 Å². The average Bonchev–Trinajstić information content (AvgIpc) is 2.77. The van der Waals surface area contributed by atoms with Gasteiger partial charge in [0.2, 0.25) is 0 Å². The van der Waals surface area contributed by atoms with E-state index in [2.05, 4.69) is 41.3 Å². The maximum atomic E-state index is 12.0. The van der Waals surface area contributed by atoms with E-state index in [9.17, 15) is 4.79 Å². The molecular formula is C13H17N5O. The van der Waals surface area contributed by atoms with Crippen molar-refractivity contribution in [3.8, 4) is 0 Å². The molecular weight excluding hydrogens is 242 g/mol. The quantitative estimate of drug-likeness (QED) is 0.767. The van der Waals surface area contributed by atoms with Gasteiger partial charge in [0.1, 0.15) is 0 Å². The lowest BCUT2D eigenvalue weighted by molar-refractivity contribution is 0.102. The first-order chi connectivity index (χ1) is 8.88. The fourth-order valence-corrected chi connectivity index (χ4v) is 1.55. The third kappa shape index (κ3) is 2.90. The van der Waals surface area contributed by atoms with Crippen molar-refractivity contribution in [2.45, 2.75) is 26.2 Å². The van der Waals surface area contributed by atoms with Gasteiger partial charge in [-0.1, -0.05) is 20.8 Å². The van der Waals surface area contributed by atoms with Crippen LogP contribution in [0.1, 0.15) is 37.0 Å². The lowest BCUT2D eigenvalue weighted by Crippen LogP contribution is -2.16. The number of nitrogen functional groups attached to an aromatic ring is 1. The number of nitrogens with zero attached hydrogens (tertiary/aromatic N) is 2. The topological polar surface area (TPSA) is 96.7 Å². The second-order valence-corrected chi connectivity index (χ2v) is 5.31. The normalized spacial score (nSPS) is 11.3. The van der Waals surface area contributed by atoms with Crippen LogP contribution in [-0.4, -0.2) is 21.1 Å². The molecule has 0 aliphatic rings. The number of H-pyrrole nitrogens is 1. The van der Waals surface area contributed by atoms with Crippen LogP contribution in [0.5, 0.6) is 0 Å². The summed E-state index contributed by atoms with van der Waals surface area (Å²) in [6.45, 7) is 6.18. The van der Waals surface area contributed by atoms with Gasteiger partial charge in [-0.3, -0.25) is 9.89 Å². The summed E-state index contributed by atoms with van der Waals surface area (Å²) >= 11 is 0. The molecule has 6 heteroatoms. The Morgan fingerprint density at radius 2 is 2.16 bits per heavy atom. The van der Waals surface area contributed by atoms with Crippen LogP contribution in [0.15, 0.2) is 24.4 Å². The molecule has 4 N–H and O–H groups in total. The Labute approximate surface area is 111 Å². The summed E-state index contributed by atoms with van der Waals surface area (Å²) in [5.41, 5.74) is 7.12. The summed E-state index contributed by atoms with van der Waals surface area (Å²) in [5.74, 6) is 0.0880. The maximum absolute atomic E-state index is 12.0. The van der Waals surface area contributed by atoms with E-state index in [1.54, 1.807) is 18.2 Å². The molecule has 0 bridgehead atoms. The van der Waals surface area contributed by atoms with Crippen molar-refractivity contribution in [2.24, 2.45) is 0 Å². The van der Waals surface area contributed by atoms with Gasteiger partial charge in [0.25, 0.3) is 5.91 Å². The largest absolute Gasteiger partial charge is 0.397 e. The number of carbonyl (C=O) groups is 1. The Kier molecular flexibility index (Phi) is 3.25. The Bertz CT molecular complexity index is 597. The van der Waals surface area contributed by atoms with Gasteiger partial charge >= 0.3 is 0 Å². The second kappa shape index (κ2) is 4.72. The van der Waals surface area contributed by atoms with Crippen molar-refractivity contribution >= 4 is 17.4 Å². The predicted octanol–water partition coefficient (Wildman–Crippen LogP) is 1.94. The van der Waals surface area contributed by atoms with Crippen LogP contribution < -0.4 is 11.1 Å². The van der Waals surface area contributed by atoms with Crippen molar-refractivity contribution in [3.05, 3.63) is 35.8 Å². The molecule has 0 saturated carbocycles. The Morgan fingerprint density at radius 1 is 1.42 bits per heavy atom. The number of amides is 1. The Balaban J connectivity index is 2.16. The van der Waals surface area contributed by atoms with Crippen LogP contribution >= 0.6 is 0 Å². The number of rotatable bonds is 2. The van der Waals surface area contributed by atoms with E-state index in [4.69, 9.17) is 5.73 Å². The van der Waals surface area contributed by atoms with E-state index in [0.717, 1.165) is 5.69 Å². The van der Waals surface area contributed by atoms with E-state index >= 15 is 0 Å². The fraction of sp³-hybridized carbons (Fsp3) is 0.308. The monoisotopic (exact) mass is 259 g/mol. The smallest absolute Gasteiger partial charge is 0.277 e. The highest BCUT2D eigenvalue weighted by Gasteiger charge is 2.18. The molecule has 2 aromatic rings. The van der Waals surface area contributed by atoms with Crippen LogP contribution in [-0.2, 0) is 5.41 Å². The summed E-state index contributed by atoms with van der Waals surface area (Å²) in [7, 11) is 0. The molecule has 0 spiro atoms. The molecule has 0 atom stereocenters. The van der Waals surface area contributed by atoms with Crippen LogP contribution in [0.25, 0.3) is 0 Å². The summed E-state index contributed by atoms with van der Waals surface area (Å²) < 4.78 is 0. The van der Waals surface area contributed by atoms with E-state index in [-0.39, 0.29) is 17.0 Å². The van der Waals surface area contributed by atoms with Crippen molar-refractivity contribution in [2.75, 3.05) is 11.1 Å². The van der Waals surface area contributed by atoms with Crippen molar-refractivity contribution in [3.63, 3.8) is 0 Å². The molecule has 19 heavy (non-hydrogen) atoms. The number of pyridine rings is 1. The Hall–Kier alpha value is -2.37. The van der Waals surface area contributed by atoms with Gasteiger partial charge in [-0.25, -0.2) is 4.98 Å². The zero-order valence-corrected chi connectivity index (χ0v) is 11.2. The summed E-state index contributed by atoms with van der Waals surface area (Å²) in [5, 5.41) is 9.62. The number of nitrogens with one attached hydrogen (secondary N) is 2. The van der Waals surface area contributed by atoms with Gasteiger partial charge in [-0.05, 0) is 12.1 Å². The van der Waals surface area contributed by atoms with E-state index in [0.29, 0.717) is 11.5 Å². The van der Waals surface area contributed by atoms with Gasteiger partial charge in [0.05, 0.1) is 5.69 Å². The number of hydrogen-bond donors (Lipinski definition) is 3. The van der Waals surface area contributed by atoms with E-state index in [1.807, 2.05) is 0 Å². The number of aromatic amines is 1. The second-order valence-electron chi connectivity index (χ2n) is 5.31. The average molecular weight is 259 g/mol. The first-order valence-corrected chi connectivity index (χ1v) is 5.95. The summed E-state index contributed by atoms with van der Waals surface area (Å²) in [4.78, 5) is 15.9. The number of carbonyl (C=O) groups excluding carboxylic acids is 1. The standard InChI is InChI=1S/C13H17N5O/c1-13(2,3)9-7-10(18-17-9)16-12(19)11-8(14)5-4-6-15-11/h4-7H,14H2,1-3H3,(H2,16,17,18,19). The molecule has 0 radical (unpaired) electrons. The number of aromatic nitrogens is 3. The number of hydrogen-bond acceptors (Lipinski definition) is 4. The van der Waals surface area contributed by atoms with Gasteiger partial charge in [0, 0.05) is 23.4 Å². The van der Waals surface area contributed by atoms with Gasteiger partial charge in [-0.2, -0.15) is 5.10 Å². The number of anilines is 2. The zero-order chi connectivity index (χ0) is 14.0. The highest BCUT2D eigenvalue weighted by atomic mass is 16.2. The van der Waals surface area contributed by atoms with Crippen molar-refractivity contribution in [1.29, 1.82) is 0 Å². The molecule has 2 heterocycles. The molecule has 0 unspecified atom stereocenters. The molecule has 2 aromatic heterocycles. The molecule has 2 rings (SSSR count). The minimum absolute atomic E-state index is 0.0556. The molecule has 100 valence electrons. The van der Waals surface area contributed by atoms with Gasteiger partial charge in [0.15, 0.2) is 11.5 Å². The third-order valence-electron chi connectivity index (χ3n) is 2.68. The number of nitrogens with two attached hydrogens (primary N) is 1. The van der Waals surface area contributed by atoms with E-state index < -0.39 is 0 Å². The first kappa shape index (κ1) is 13.1. The SMILES string of the molecule is CC(C)(C)c1cc(NC(=O)c2ncccc2N)n[nH]1. The molecule has 0 aromatic carbocycles. The van der Waals surface area contributed by atoms with Crippen LogP contribution in [0.4, 0.5) is 11.5 Å². The first-order valence-electron chi connectivity index (χ1n) is 5.95. The zero-order valence-electron chi connectivity index (χ0n) is 11.2. The molecule has 6 nitrogen and oxygen atoms in total. The highest BCUT2D eigenvalue weighted by Crippen LogP contribution is 2.22. The van der Waals surface area contributed by atoms with Crippen LogP contribution in [0.3, 0.4) is 0 Å². The lowest BCUT2D eigenvalue weighted by Gasteiger charge is -2.14. The maximum Gasteiger partial charge on any atom is 0.277 e. The summed E-state index contributed by atoms with van der Waals surface area (Å²) in [6.07, 6.45) is 1.52. The van der Waals surface area contributed by atoms with E-state index in [1.165, 1.54) is 6.20 Å². The molecule has 0 fully saturated rings. The molecule has 1 amide bonds. The highest BCUT2D eigenvalue weighted by molar-refractivity contribution is 6.05.